The summed E-state index contributed by atoms with van der Waals surface area (Å²) in [4.78, 5) is 12.1. The molecule has 0 unspecified atom stereocenters. The van der Waals surface area contributed by atoms with Gasteiger partial charge < -0.3 is 24.8 Å². The van der Waals surface area contributed by atoms with Gasteiger partial charge in [-0.15, -0.1) is 0 Å². The van der Waals surface area contributed by atoms with Crippen LogP contribution in [-0.2, 0) is 9.53 Å². The number of rotatable bonds is 4. The van der Waals surface area contributed by atoms with E-state index < -0.39 is 12.0 Å². The monoisotopic (exact) mass is 322 g/mol. The molecule has 0 bridgehead atoms. The van der Waals surface area contributed by atoms with Crippen LogP contribution in [0, 0.1) is 0 Å². The number of ether oxygens (including phenoxy) is 3. The van der Waals surface area contributed by atoms with Crippen molar-refractivity contribution in [2.75, 3.05) is 21.3 Å². The highest BCUT2D eigenvalue weighted by Gasteiger charge is 2.32. The number of carbonyl (C=O) groups excluding carboxylic acids is 1. The summed E-state index contributed by atoms with van der Waals surface area (Å²) in [5.74, 6) is 0.844. The Bertz CT molecular complexity index is 642. The molecule has 118 valence electrons. The first-order valence-corrected chi connectivity index (χ1v) is 7.01. The van der Waals surface area contributed by atoms with Crippen molar-refractivity contribution in [2.24, 2.45) is 0 Å². The Balaban J connectivity index is 2.59. The Hall–Kier alpha value is -2.28. The second-order valence-electron chi connectivity index (χ2n) is 4.67. The predicted octanol–water partition coefficient (Wildman–Crippen LogP) is 1.67. The smallest absolute Gasteiger partial charge is 0.337 e. The summed E-state index contributed by atoms with van der Waals surface area (Å²) in [6.45, 7) is 1.78. The Morgan fingerprint density at radius 2 is 1.95 bits per heavy atom. The van der Waals surface area contributed by atoms with Crippen molar-refractivity contribution in [2.45, 2.75) is 13.0 Å². The van der Waals surface area contributed by atoms with Gasteiger partial charge in [-0.05, 0) is 37.3 Å². The zero-order valence-electron chi connectivity index (χ0n) is 12.9. The molecule has 1 aliphatic heterocycles. The first-order chi connectivity index (χ1) is 10.5. The maximum Gasteiger partial charge on any atom is 0.337 e. The summed E-state index contributed by atoms with van der Waals surface area (Å²) in [6, 6.07) is 4.90. The summed E-state index contributed by atoms with van der Waals surface area (Å²) in [5, 5.41) is 6.45. The van der Waals surface area contributed by atoms with Gasteiger partial charge in [-0.25, -0.2) is 4.79 Å². The van der Waals surface area contributed by atoms with Gasteiger partial charge in [0.1, 0.15) is 11.5 Å². The Labute approximate surface area is 134 Å². The fourth-order valence-electron chi connectivity index (χ4n) is 2.37. The molecule has 7 heteroatoms. The fourth-order valence-corrected chi connectivity index (χ4v) is 2.64. The molecule has 0 aromatic heterocycles. The molecule has 0 fully saturated rings. The van der Waals surface area contributed by atoms with E-state index in [2.05, 4.69) is 10.6 Å². The van der Waals surface area contributed by atoms with Crippen molar-refractivity contribution in [3.05, 3.63) is 35.0 Å². The lowest BCUT2D eigenvalue weighted by atomic mass is 9.94. The third-order valence-corrected chi connectivity index (χ3v) is 3.64. The van der Waals surface area contributed by atoms with Crippen LogP contribution in [0.5, 0.6) is 11.5 Å². The minimum atomic E-state index is -0.480. The standard InChI is InChI=1S/C15H18N2O4S/c1-8-12(14(18)21-4)13(17-15(22)16-8)10-7-9(19-2)5-6-11(10)20-3/h5-7,13H,1-4H3,(H2,16,17,22)/t13-/m1/s1. The van der Waals surface area contributed by atoms with Gasteiger partial charge in [0.15, 0.2) is 5.11 Å². The summed E-state index contributed by atoms with van der Waals surface area (Å²) >= 11 is 5.20. The Morgan fingerprint density at radius 3 is 2.55 bits per heavy atom. The van der Waals surface area contributed by atoms with E-state index in [9.17, 15) is 4.79 Å². The van der Waals surface area contributed by atoms with Gasteiger partial charge in [-0.2, -0.15) is 0 Å². The number of carbonyl (C=O) groups is 1. The lowest BCUT2D eigenvalue weighted by Gasteiger charge is -2.30. The van der Waals surface area contributed by atoms with E-state index in [1.54, 1.807) is 39.3 Å². The number of benzene rings is 1. The van der Waals surface area contributed by atoms with Crippen molar-refractivity contribution in [1.82, 2.24) is 10.6 Å². The van der Waals surface area contributed by atoms with Gasteiger partial charge in [0.2, 0.25) is 0 Å². The third kappa shape index (κ3) is 2.99. The van der Waals surface area contributed by atoms with Crippen LogP contribution in [-0.4, -0.2) is 32.4 Å². The van der Waals surface area contributed by atoms with Crippen LogP contribution < -0.4 is 20.1 Å². The SMILES string of the molecule is COC(=O)C1=C(C)NC(=S)N[C@@H]1c1cc(OC)ccc1OC. The van der Waals surface area contributed by atoms with Crippen LogP contribution in [0.1, 0.15) is 18.5 Å². The minimum absolute atomic E-state index is 0.431. The average molecular weight is 322 g/mol. The van der Waals surface area contributed by atoms with E-state index in [0.717, 1.165) is 5.56 Å². The molecule has 0 amide bonds. The second-order valence-corrected chi connectivity index (χ2v) is 5.08. The van der Waals surface area contributed by atoms with Crippen molar-refractivity contribution < 1.29 is 19.0 Å². The molecule has 1 heterocycles. The maximum absolute atomic E-state index is 12.1. The van der Waals surface area contributed by atoms with Crippen molar-refractivity contribution >= 4 is 23.3 Å². The summed E-state index contributed by atoms with van der Waals surface area (Å²) < 4.78 is 15.5. The lowest BCUT2D eigenvalue weighted by Crippen LogP contribution is -2.45. The molecule has 2 rings (SSSR count). The minimum Gasteiger partial charge on any atom is -0.497 e. The zero-order chi connectivity index (χ0) is 16.3. The normalized spacial score (nSPS) is 17.5. The molecule has 1 atom stereocenters. The molecular weight excluding hydrogens is 304 g/mol. The van der Waals surface area contributed by atoms with Crippen LogP contribution in [0.25, 0.3) is 0 Å². The molecule has 2 N–H and O–H groups in total. The molecule has 1 aromatic rings. The van der Waals surface area contributed by atoms with Crippen molar-refractivity contribution in [3.8, 4) is 11.5 Å². The summed E-state index contributed by atoms with van der Waals surface area (Å²) in [6.07, 6.45) is 0. The van der Waals surface area contributed by atoms with Crippen molar-refractivity contribution in [3.63, 3.8) is 0 Å². The highest BCUT2D eigenvalue weighted by Crippen LogP contribution is 2.35. The first kappa shape index (κ1) is 16.1. The Kier molecular flexibility index (Phi) is 4.87. The molecule has 1 aliphatic rings. The average Bonchev–Trinajstić information content (AvgIpc) is 2.52. The van der Waals surface area contributed by atoms with E-state index >= 15 is 0 Å². The van der Waals surface area contributed by atoms with Gasteiger partial charge in [-0.3, -0.25) is 0 Å². The molecule has 0 saturated carbocycles. The van der Waals surface area contributed by atoms with E-state index in [-0.39, 0.29) is 0 Å². The van der Waals surface area contributed by atoms with E-state index in [0.29, 0.717) is 27.9 Å². The predicted molar refractivity (Wildman–Crippen MR) is 85.9 cm³/mol. The van der Waals surface area contributed by atoms with Crippen LogP contribution in [0.3, 0.4) is 0 Å². The molecule has 22 heavy (non-hydrogen) atoms. The molecule has 1 aromatic carbocycles. The van der Waals surface area contributed by atoms with Crippen LogP contribution >= 0.6 is 12.2 Å². The number of methoxy groups -OCH3 is 3. The summed E-state index contributed by atoms with van der Waals surface area (Å²) in [7, 11) is 4.49. The molecule has 0 aliphatic carbocycles. The quantitative estimate of drug-likeness (QED) is 0.645. The number of hydrogen-bond donors (Lipinski definition) is 2. The van der Waals surface area contributed by atoms with Gasteiger partial charge in [-0.1, -0.05) is 0 Å². The number of esters is 1. The van der Waals surface area contributed by atoms with Gasteiger partial charge in [0.25, 0.3) is 0 Å². The zero-order valence-corrected chi connectivity index (χ0v) is 13.7. The highest BCUT2D eigenvalue weighted by atomic mass is 32.1. The Morgan fingerprint density at radius 1 is 1.23 bits per heavy atom. The van der Waals surface area contributed by atoms with E-state index in [4.69, 9.17) is 26.4 Å². The van der Waals surface area contributed by atoms with E-state index in [1.165, 1.54) is 7.11 Å². The van der Waals surface area contributed by atoms with Crippen LogP contribution in [0.4, 0.5) is 0 Å². The number of thiocarbonyl (C=S) groups is 1. The number of hydrogen-bond acceptors (Lipinski definition) is 5. The fraction of sp³-hybridized carbons (Fsp3) is 0.333. The van der Waals surface area contributed by atoms with Crippen LogP contribution in [0.15, 0.2) is 29.5 Å². The lowest BCUT2D eigenvalue weighted by molar-refractivity contribution is -0.136. The van der Waals surface area contributed by atoms with Gasteiger partial charge in [0.05, 0.1) is 32.9 Å². The maximum atomic E-state index is 12.1. The first-order valence-electron chi connectivity index (χ1n) is 6.60. The molecule has 0 radical (unpaired) electrons. The topological polar surface area (TPSA) is 68.8 Å². The second kappa shape index (κ2) is 6.65. The molecule has 0 saturated heterocycles. The number of nitrogens with one attached hydrogen (secondary N) is 2. The largest absolute Gasteiger partial charge is 0.497 e. The third-order valence-electron chi connectivity index (χ3n) is 3.42. The molecule has 6 nitrogen and oxygen atoms in total. The molecular formula is C15H18N2O4S. The van der Waals surface area contributed by atoms with E-state index in [1.807, 2.05) is 0 Å². The number of allylic oxidation sites excluding steroid dienone is 1. The summed E-state index contributed by atoms with van der Waals surface area (Å²) in [5.41, 5.74) is 1.83. The molecule has 0 spiro atoms. The van der Waals surface area contributed by atoms with Gasteiger partial charge >= 0.3 is 5.97 Å². The van der Waals surface area contributed by atoms with Crippen LogP contribution in [0.2, 0.25) is 0 Å². The van der Waals surface area contributed by atoms with Gasteiger partial charge in [0, 0.05) is 11.3 Å². The van der Waals surface area contributed by atoms with Crippen molar-refractivity contribution in [1.29, 1.82) is 0 Å². The highest BCUT2D eigenvalue weighted by molar-refractivity contribution is 7.80.